The van der Waals surface area contributed by atoms with Crippen molar-refractivity contribution in [3.8, 4) is 0 Å². The van der Waals surface area contributed by atoms with Gasteiger partial charge in [-0.3, -0.25) is 4.79 Å². The molecule has 2 rings (SSSR count). The summed E-state index contributed by atoms with van der Waals surface area (Å²) in [7, 11) is 0. The van der Waals surface area contributed by atoms with Gasteiger partial charge in [-0.1, -0.05) is 55.4 Å². The Balaban J connectivity index is 2.02. The topological polar surface area (TPSA) is 66.8 Å². The van der Waals surface area contributed by atoms with E-state index in [9.17, 15) is 14.7 Å². The Kier molecular flexibility index (Phi) is 9.26. The molecule has 176 valence electrons. The van der Waals surface area contributed by atoms with Crippen molar-refractivity contribution in [1.82, 2.24) is 4.90 Å². The molecule has 0 bridgehead atoms. The van der Waals surface area contributed by atoms with E-state index in [0.717, 1.165) is 11.1 Å². The summed E-state index contributed by atoms with van der Waals surface area (Å²) >= 11 is 0. The van der Waals surface area contributed by atoms with Crippen LogP contribution in [0.2, 0.25) is 0 Å². The second-order valence-electron chi connectivity index (χ2n) is 9.57. The number of aliphatic hydroxyl groups is 1. The van der Waals surface area contributed by atoms with Gasteiger partial charge in [-0.05, 0) is 63.5 Å². The van der Waals surface area contributed by atoms with Crippen molar-refractivity contribution in [3.05, 3.63) is 58.7 Å². The average molecular weight is 442 g/mol. The third-order valence-corrected chi connectivity index (χ3v) is 6.25. The Morgan fingerprint density at radius 2 is 1.94 bits per heavy atom. The SMILES string of the molecule is CCOC(=O)[C@@H]1C[C@@H](O)CN1C(=O)/C=C(C)/C=C/C=C(C)/C=C/C1=C(C)CCCC1(C)C. The van der Waals surface area contributed by atoms with Crippen LogP contribution in [0.4, 0.5) is 0 Å². The maximum absolute atomic E-state index is 12.7. The van der Waals surface area contributed by atoms with Gasteiger partial charge in [-0.15, -0.1) is 0 Å². The molecule has 0 radical (unpaired) electrons. The summed E-state index contributed by atoms with van der Waals surface area (Å²) < 4.78 is 5.04. The van der Waals surface area contributed by atoms with E-state index < -0.39 is 18.1 Å². The molecule has 5 nitrogen and oxygen atoms in total. The number of nitrogens with zero attached hydrogens (tertiary/aromatic N) is 1. The highest BCUT2D eigenvalue weighted by Gasteiger charge is 2.39. The highest BCUT2D eigenvalue weighted by molar-refractivity contribution is 5.93. The van der Waals surface area contributed by atoms with Crippen LogP contribution in [-0.4, -0.2) is 47.2 Å². The van der Waals surface area contributed by atoms with Crippen LogP contribution in [0, 0.1) is 5.41 Å². The number of hydrogen-bond donors (Lipinski definition) is 1. The van der Waals surface area contributed by atoms with Crippen molar-refractivity contribution in [1.29, 1.82) is 0 Å². The van der Waals surface area contributed by atoms with Crippen LogP contribution in [-0.2, 0) is 14.3 Å². The van der Waals surface area contributed by atoms with E-state index in [1.165, 1.54) is 41.4 Å². The Bertz CT molecular complexity index is 857. The minimum Gasteiger partial charge on any atom is -0.464 e. The molecule has 1 saturated heterocycles. The van der Waals surface area contributed by atoms with Gasteiger partial charge in [0.05, 0.1) is 12.7 Å². The number of rotatable bonds is 7. The van der Waals surface area contributed by atoms with Crippen LogP contribution >= 0.6 is 0 Å². The molecule has 0 saturated carbocycles. The van der Waals surface area contributed by atoms with E-state index in [-0.39, 0.29) is 30.9 Å². The quantitative estimate of drug-likeness (QED) is 0.341. The first-order chi connectivity index (χ1) is 15.0. The van der Waals surface area contributed by atoms with E-state index in [0.29, 0.717) is 0 Å². The first-order valence-electron chi connectivity index (χ1n) is 11.6. The van der Waals surface area contributed by atoms with Crippen LogP contribution in [0.15, 0.2) is 58.7 Å². The maximum Gasteiger partial charge on any atom is 0.328 e. The zero-order valence-electron chi connectivity index (χ0n) is 20.5. The summed E-state index contributed by atoms with van der Waals surface area (Å²) in [6.07, 6.45) is 14.9. The lowest BCUT2D eigenvalue weighted by atomic mass is 9.72. The molecule has 0 spiro atoms. The minimum atomic E-state index is -0.723. The summed E-state index contributed by atoms with van der Waals surface area (Å²) in [5, 5.41) is 9.91. The third-order valence-electron chi connectivity index (χ3n) is 6.25. The molecule has 5 heteroatoms. The molecule has 0 aromatic rings. The first-order valence-corrected chi connectivity index (χ1v) is 11.6. The Morgan fingerprint density at radius 3 is 2.59 bits per heavy atom. The summed E-state index contributed by atoms with van der Waals surface area (Å²) in [4.78, 5) is 26.1. The standard InChI is InChI=1S/C27H39NO4/c1-7-32-26(31)24-17-22(29)18-28(24)25(30)16-20(3)11-8-10-19(2)13-14-23-21(4)12-9-15-27(23,5)6/h8,10-11,13-14,16,22,24,29H,7,9,12,15,17-18H2,1-6H3/b11-8+,14-13+,19-10+,20-16+/t22-,24+/m1/s1. The van der Waals surface area contributed by atoms with Gasteiger partial charge in [0.1, 0.15) is 6.04 Å². The molecule has 0 aromatic carbocycles. The number of allylic oxidation sites excluding steroid dienone is 9. The Hall–Kier alpha value is -2.40. The number of aliphatic hydroxyl groups excluding tert-OH is 1. The van der Waals surface area contributed by atoms with Crippen LogP contribution in [0.1, 0.15) is 67.2 Å². The van der Waals surface area contributed by atoms with Gasteiger partial charge < -0.3 is 14.7 Å². The lowest BCUT2D eigenvalue weighted by Crippen LogP contribution is -2.40. The summed E-state index contributed by atoms with van der Waals surface area (Å²) in [6, 6.07) is -0.723. The molecule has 0 unspecified atom stereocenters. The molecule has 32 heavy (non-hydrogen) atoms. The fourth-order valence-electron chi connectivity index (χ4n) is 4.48. The van der Waals surface area contributed by atoms with Gasteiger partial charge in [0.2, 0.25) is 5.91 Å². The lowest BCUT2D eigenvalue weighted by Gasteiger charge is -2.32. The molecule has 0 aromatic heterocycles. The highest BCUT2D eigenvalue weighted by Crippen LogP contribution is 2.40. The normalized spacial score (nSPS) is 24.7. The fourth-order valence-corrected chi connectivity index (χ4v) is 4.48. The number of likely N-dealkylation sites (tertiary alicyclic amines) is 1. The average Bonchev–Trinajstić information content (AvgIpc) is 3.09. The third kappa shape index (κ3) is 7.06. The van der Waals surface area contributed by atoms with E-state index in [1.54, 1.807) is 6.92 Å². The number of carbonyl (C=O) groups excluding carboxylic acids is 2. The Morgan fingerprint density at radius 1 is 1.22 bits per heavy atom. The molecule has 1 amide bonds. The predicted octanol–water partition coefficient (Wildman–Crippen LogP) is 5.04. The Labute approximate surface area is 193 Å². The van der Waals surface area contributed by atoms with Crippen LogP contribution in [0.3, 0.4) is 0 Å². The van der Waals surface area contributed by atoms with E-state index in [2.05, 4.69) is 39.8 Å². The van der Waals surface area contributed by atoms with Crippen molar-refractivity contribution in [2.45, 2.75) is 79.4 Å². The van der Waals surface area contributed by atoms with E-state index >= 15 is 0 Å². The van der Waals surface area contributed by atoms with Crippen LogP contribution in [0.5, 0.6) is 0 Å². The van der Waals surface area contributed by atoms with Gasteiger partial charge >= 0.3 is 5.97 Å². The summed E-state index contributed by atoms with van der Waals surface area (Å²) in [5.41, 5.74) is 5.04. The molecule has 1 fully saturated rings. The fraction of sp³-hybridized carbons (Fsp3) is 0.556. The van der Waals surface area contributed by atoms with Crippen molar-refractivity contribution < 1.29 is 19.4 Å². The number of carbonyl (C=O) groups is 2. The molecule has 1 aliphatic heterocycles. The van der Waals surface area contributed by atoms with Crippen molar-refractivity contribution in [2.75, 3.05) is 13.2 Å². The van der Waals surface area contributed by atoms with Gasteiger partial charge in [-0.25, -0.2) is 4.79 Å². The monoisotopic (exact) mass is 441 g/mol. The van der Waals surface area contributed by atoms with Crippen LogP contribution < -0.4 is 0 Å². The van der Waals surface area contributed by atoms with Gasteiger partial charge in [-0.2, -0.15) is 0 Å². The smallest absolute Gasteiger partial charge is 0.328 e. The number of hydrogen-bond acceptors (Lipinski definition) is 4. The maximum atomic E-state index is 12.7. The van der Waals surface area contributed by atoms with E-state index in [1.807, 2.05) is 25.2 Å². The predicted molar refractivity (Wildman–Crippen MR) is 129 cm³/mol. The molecule has 1 aliphatic carbocycles. The van der Waals surface area contributed by atoms with Crippen molar-refractivity contribution in [3.63, 3.8) is 0 Å². The van der Waals surface area contributed by atoms with Crippen LogP contribution in [0.25, 0.3) is 0 Å². The molecule has 2 aliphatic rings. The number of ether oxygens (including phenoxy) is 1. The second kappa shape index (κ2) is 11.5. The highest BCUT2D eigenvalue weighted by atomic mass is 16.5. The van der Waals surface area contributed by atoms with Crippen molar-refractivity contribution in [2.24, 2.45) is 5.41 Å². The number of β-amino-alcohol motifs (C(OH)–C–C–N with tert-alkyl or cyclic N) is 1. The molecular formula is C27H39NO4. The summed E-state index contributed by atoms with van der Waals surface area (Å²) in [5.74, 6) is -0.750. The van der Waals surface area contributed by atoms with E-state index in [4.69, 9.17) is 4.74 Å². The molecule has 1 N–H and O–H groups in total. The molecule has 2 atom stereocenters. The van der Waals surface area contributed by atoms with Gasteiger partial charge in [0.15, 0.2) is 0 Å². The number of amides is 1. The lowest BCUT2D eigenvalue weighted by molar-refractivity contribution is -0.151. The minimum absolute atomic E-state index is 0.144. The largest absolute Gasteiger partial charge is 0.464 e. The first kappa shape index (κ1) is 25.9. The molecular weight excluding hydrogens is 402 g/mol. The zero-order valence-corrected chi connectivity index (χ0v) is 20.5. The van der Waals surface area contributed by atoms with Gasteiger partial charge in [0, 0.05) is 19.0 Å². The summed E-state index contributed by atoms with van der Waals surface area (Å²) in [6.45, 7) is 12.9. The zero-order chi connectivity index (χ0) is 23.9. The number of esters is 1. The molecule has 1 heterocycles. The van der Waals surface area contributed by atoms with Gasteiger partial charge in [0.25, 0.3) is 0 Å². The second-order valence-corrected chi connectivity index (χ2v) is 9.57. The van der Waals surface area contributed by atoms with Crippen molar-refractivity contribution >= 4 is 11.9 Å².